The summed E-state index contributed by atoms with van der Waals surface area (Å²) in [5.41, 5.74) is 1.34. The summed E-state index contributed by atoms with van der Waals surface area (Å²) < 4.78 is 3.14. The number of hydrogen-bond donors (Lipinski definition) is 0. The summed E-state index contributed by atoms with van der Waals surface area (Å²) in [6.07, 6.45) is 10.5. The fourth-order valence-electron chi connectivity index (χ4n) is 5.76. The normalized spacial score (nSPS) is 34.8. The lowest BCUT2D eigenvalue weighted by atomic mass is 9.52. The number of halogens is 1. The van der Waals surface area contributed by atoms with Crippen molar-refractivity contribution in [3.05, 3.63) is 15.5 Å². The van der Waals surface area contributed by atoms with E-state index in [9.17, 15) is 4.79 Å². The molecule has 5 rings (SSSR count). The van der Waals surface area contributed by atoms with Crippen molar-refractivity contribution in [1.82, 2.24) is 14.7 Å². The Labute approximate surface area is 152 Å². The average Bonchev–Trinajstić information content (AvgIpc) is 2.82. The van der Waals surface area contributed by atoms with Crippen LogP contribution in [0.2, 0.25) is 0 Å². The highest BCUT2D eigenvalue weighted by atomic mass is 127. The molecule has 126 valence electrons. The lowest BCUT2D eigenvalue weighted by Crippen LogP contribution is -2.60. The van der Waals surface area contributed by atoms with Crippen LogP contribution in [0.3, 0.4) is 0 Å². The van der Waals surface area contributed by atoms with Gasteiger partial charge in [-0.2, -0.15) is 5.10 Å². The molecule has 0 spiro atoms. The number of aromatic nitrogens is 2. The second-order valence-electron chi connectivity index (χ2n) is 8.15. The van der Waals surface area contributed by atoms with Gasteiger partial charge in [0.15, 0.2) is 0 Å². The van der Waals surface area contributed by atoms with Crippen LogP contribution in [0.25, 0.3) is 0 Å². The van der Waals surface area contributed by atoms with E-state index in [1.54, 1.807) is 0 Å². The van der Waals surface area contributed by atoms with E-state index >= 15 is 0 Å². The third-order valence-electron chi connectivity index (χ3n) is 6.67. The molecule has 1 heterocycles. The number of amides is 1. The van der Waals surface area contributed by atoms with E-state index < -0.39 is 0 Å². The largest absolute Gasteiger partial charge is 0.340 e. The maximum Gasteiger partial charge on any atom is 0.224 e. The Morgan fingerprint density at radius 2 is 1.87 bits per heavy atom. The molecule has 0 saturated heterocycles. The van der Waals surface area contributed by atoms with Crippen LogP contribution in [0.1, 0.15) is 50.6 Å². The van der Waals surface area contributed by atoms with Gasteiger partial charge in [0.25, 0.3) is 0 Å². The second kappa shape index (κ2) is 5.74. The third kappa shape index (κ3) is 2.72. The molecule has 4 bridgehead atoms. The van der Waals surface area contributed by atoms with Crippen molar-refractivity contribution in [1.29, 1.82) is 0 Å². The van der Waals surface area contributed by atoms with Crippen molar-refractivity contribution in [3.63, 3.8) is 0 Å². The SMILES string of the molecule is Cc1c(I)cnn1CCC(=O)N(C)C12CC3CC(CC(C3)C1)C2. The lowest BCUT2D eigenvalue weighted by molar-refractivity contribution is -0.147. The summed E-state index contributed by atoms with van der Waals surface area (Å²) in [5.74, 6) is 2.95. The van der Waals surface area contributed by atoms with Gasteiger partial charge in [0, 0.05) is 31.2 Å². The van der Waals surface area contributed by atoms with Crippen molar-refractivity contribution >= 4 is 28.5 Å². The molecule has 5 heteroatoms. The quantitative estimate of drug-likeness (QED) is 0.689. The lowest BCUT2D eigenvalue weighted by Gasteiger charge is -2.59. The van der Waals surface area contributed by atoms with E-state index in [4.69, 9.17) is 0 Å². The van der Waals surface area contributed by atoms with Gasteiger partial charge in [-0.25, -0.2) is 0 Å². The molecular formula is C18H26IN3O. The maximum absolute atomic E-state index is 12.8. The smallest absolute Gasteiger partial charge is 0.224 e. The highest BCUT2D eigenvalue weighted by molar-refractivity contribution is 14.1. The molecular weight excluding hydrogens is 401 g/mol. The molecule has 0 aromatic carbocycles. The van der Waals surface area contributed by atoms with Crippen molar-refractivity contribution in [2.24, 2.45) is 17.8 Å². The maximum atomic E-state index is 12.8. The first-order chi connectivity index (χ1) is 11.0. The minimum atomic E-state index is 0.180. The first-order valence-corrected chi connectivity index (χ1v) is 9.99. The third-order valence-corrected chi connectivity index (χ3v) is 7.73. The zero-order valence-corrected chi connectivity index (χ0v) is 16.3. The van der Waals surface area contributed by atoms with Crippen LogP contribution in [0.4, 0.5) is 0 Å². The first kappa shape index (κ1) is 15.9. The van der Waals surface area contributed by atoms with E-state index in [2.05, 4.69) is 46.6 Å². The predicted molar refractivity (Wildman–Crippen MR) is 98.0 cm³/mol. The van der Waals surface area contributed by atoms with Gasteiger partial charge >= 0.3 is 0 Å². The fraction of sp³-hybridized carbons (Fsp3) is 0.778. The molecule has 0 atom stereocenters. The zero-order chi connectivity index (χ0) is 16.2. The number of aryl methyl sites for hydroxylation is 1. The molecule has 4 saturated carbocycles. The molecule has 4 fully saturated rings. The van der Waals surface area contributed by atoms with Crippen LogP contribution in [-0.4, -0.2) is 33.2 Å². The van der Waals surface area contributed by atoms with Crippen LogP contribution < -0.4 is 0 Å². The van der Waals surface area contributed by atoms with E-state index in [0.717, 1.165) is 23.4 Å². The van der Waals surface area contributed by atoms with Gasteiger partial charge in [0.1, 0.15) is 0 Å². The number of nitrogens with zero attached hydrogens (tertiary/aromatic N) is 3. The van der Waals surface area contributed by atoms with Crippen molar-refractivity contribution in [3.8, 4) is 0 Å². The van der Waals surface area contributed by atoms with Crippen molar-refractivity contribution in [2.75, 3.05) is 7.05 Å². The highest BCUT2D eigenvalue weighted by Gasteiger charge is 2.53. The highest BCUT2D eigenvalue weighted by Crippen LogP contribution is 2.57. The van der Waals surface area contributed by atoms with Gasteiger partial charge in [0.2, 0.25) is 5.91 Å². The van der Waals surface area contributed by atoms with Gasteiger partial charge in [-0.1, -0.05) is 0 Å². The Morgan fingerprint density at radius 3 is 2.35 bits per heavy atom. The second-order valence-corrected chi connectivity index (χ2v) is 9.31. The number of carbonyl (C=O) groups is 1. The predicted octanol–water partition coefficient (Wildman–Crippen LogP) is 3.61. The van der Waals surface area contributed by atoms with Gasteiger partial charge in [-0.05, 0) is 85.8 Å². The summed E-state index contributed by atoms with van der Waals surface area (Å²) in [4.78, 5) is 15.0. The Balaban J connectivity index is 1.43. The summed E-state index contributed by atoms with van der Waals surface area (Å²) in [6.45, 7) is 2.77. The minimum absolute atomic E-state index is 0.180. The van der Waals surface area contributed by atoms with E-state index in [1.165, 1.54) is 42.1 Å². The van der Waals surface area contributed by atoms with Crippen molar-refractivity contribution in [2.45, 2.75) is 64.0 Å². The Bertz CT molecular complexity index is 588. The summed E-state index contributed by atoms with van der Waals surface area (Å²) in [7, 11) is 2.06. The number of rotatable bonds is 4. The van der Waals surface area contributed by atoms with E-state index in [0.29, 0.717) is 18.9 Å². The van der Waals surface area contributed by atoms with E-state index in [-0.39, 0.29) is 5.54 Å². The number of carbonyl (C=O) groups excluding carboxylic acids is 1. The van der Waals surface area contributed by atoms with Crippen LogP contribution in [-0.2, 0) is 11.3 Å². The van der Waals surface area contributed by atoms with Crippen LogP contribution in [0.5, 0.6) is 0 Å². The molecule has 1 aromatic rings. The number of hydrogen-bond acceptors (Lipinski definition) is 2. The molecule has 23 heavy (non-hydrogen) atoms. The molecule has 4 aliphatic rings. The standard InChI is InChI=1S/C18H26IN3O/c1-12-16(19)11-20-22(12)4-3-17(23)21(2)18-8-13-5-14(9-18)7-15(6-13)10-18/h11,13-15H,3-10H2,1-2H3. The van der Waals surface area contributed by atoms with E-state index in [1.807, 2.05) is 10.9 Å². The molecule has 1 amide bonds. The van der Waals surface area contributed by atoms with Gasteiger partial charge < -0.3 is 4.90 Å². The molecule has 0 unspecified atom stereocenters. The Morgan fingerprint density at radius 1 is 1.30 bits per heavy atom. The monoisotopic (exact) mass is 427 g/mol. The van der Waals surface area contributed by atoms with Crippen LogP contribution in [0.15, 0.2) is 6.20 Å². The van der Waals surface area contributed by atoms with Gasteiger partial charge in [0.05, 0.1) is 9.77 Å². The molecule has 0 radical (unpaired) electrons. The average molecular weight is 427 g/mol. The Kier molecular flexibility index (Phi) is 3.97. The van der Waals surface area contributed by atoms with Crippen molar-refractivity contribution < 1.29 is 4.79 Å². The topological polar surface area (TPSA) is 38.1 Å². The zero-order valence-electron chi connectivity index (χ0n) is 14.1. The van der Waals surface area contributed by atoms with Crippen LogP contribution in [0, 0.1) is 28.2 Å². The van der Waals surface area contributed by atoms with Gasteiger partial charge in [-0.3, -0.25) is 9.48 Å². The Hall–Kier alpha value is -0.590. The first-order valence-electron chi connectivity index (χ1n) is 8.91. The van der Waals surface area contributed by atoms with Crippen LogP contribution >= 0.6 is 22.6 Å². The molecule has 0 aliphatic heterocycles. The summed E-state index contributed by atoms with van der Waals surface area (Å²) in [5, 5.41) is 4.38. The molecule has 1 aromatic heterocycles. The summed E-state index contributed by atoms with van der Waals surface area (Å²) in [6, 6.07) is 0. The fourth-order valence-corrected chi connectivity index (χ4v) is 6.16. The molecule has 4 nitrogen and oxygen atoms in total. The minimum Gasteiger partial charge on any atom is -0.340 e. The molecule has 4 aliphatic carbocycles. The molecule has 0 N–H and O–H groups in total. The van der Waals surface area contributed by atoms with Gasteiger partial charge in [-0.15, -0.1) is 0 Å². The summed E-state index contributed by atoms with van der Waals surface area (Å²) >= 11 is 2.30.